The van der Waals surface area contributed by atoms with Crippen molar-refractivity contribution in [3.63, 3.8) is 0 Å². The predicted octanol–water partition coefficient (Wildman–Crippen LogP) is 4.16. The van der Waals surface area contributed by atoms with Crippen LogP contribution in [0.2, 0.25) is 0 Å². The number of nitrogens with zero attached hydrogens (tertiary/aromatic N) is 5. The van der Waals surface area contributed by atoms with Crippen LogP contribution in [0.3, 0.4) is 0 Å². The number of piperidine rings is 1. The SMILES string of the molecule is FC(F)(F)Oc1ccnc(Nc2cc(N3CCC4(CCCNC4)C3)nc(-c3cccnc3)n2)c1. The average molecular weight is 471 g/mol. The maximum absolute atomic E-state index is 12.6. The number of aromatic nitrogens is 4. The molecule has 0 saturated carbocycles. The summed E-state index contributed by atoms with van der Waals surface area (Å²) in [5.74, 6) is 1.46. The first-order valence-electron chi connectivity index (χ1n) is 11.1. The van der Waals surface area contributed by atoms with Crippen LogP contribution in [-0.4, -0.2) is 52.5 Å². The van der Waals surface area contributed by atoms with Crippen molar-refractivity contribution in [2.75, 3.05) is 36.4 Å². The molecule has 0 amide bonds. The Balaban J connectivity index is 1.45. The number of nitrogens with one attached hydrogen (secondary N) is 2. The maximum atomic E-state index is 12.6. The van der Waals surface area contributed by atoms with Gasteiger partial charge in [-0.1, -0.05) is 0 Å². The van der Waals surface area contributed by atoms with E-state index in [2.05, 4.69) is 35.2 Å². The molecule has 2 N–H and O–H groups in total. The first-order chi connectivity index (χ1) is 16.4. The van der Waals surface area contributed by atoms with Crippen molar-refractivity contribution in [1.82, 2.24) is 25.3 Å². The molecule has 2 saturated heterocycles. The van der Waals surface area contributed by atoms with Crippen molar-refractivity contribution in [2.45, 2.75) is 25.6 Å². The van der Waals surface area contributed by atoms with Gasteiger partial charge >= 0.3 is 6.36 Å². The third-order valence-corrected chi connectivity index (χ3v) is 6.18. The van der Waals surface area contributed by atoms with Crippen molar-refractivity contribution in [2.24, 2.45) is 5.41 Å². The van der Waals surface area contributed by atoms with E-state index in [-0.39, 0.29) is 17.0 Å². The van der Waals surface area contributed by atoms with Gasteiger partial charge in [0.25, 0.3) is 0 Å². The predicted molar refractivity (Wildman–Crippen MR) is 121 cm³/mol. The molecule has 2 aliphatic rings. The second kappa shape index (κ2) is 9.05. The van der Waals surface area contributed by atoms with Crippen LogP contribution in [0.1, 0.15) is 19.3 Å². The summed E-state index contributed by atoms with van der Waals surface area (Å²) < 4.78 is 41.9. The van der Waals surface area contributed by atoms with Gasteiger partial charge in [-0.25, -0.2) is 15.0 Å². The van der Waals surface area contributed by atoms with Gasteiger partial charge in [0.2, 0.25) is 0 Å². The van der Waals surface area contributed by atoms with Crippen molar-refractivity contribution in [3.05, 3.63) is 48.9 Å². The van der Waals surface area contributed by atoms with Crippen LogP contribution in [0.25, 0.3) is 11.4 Å². The lowest BCUT2D eigenvalue weighted by Gasteiger charge is -2.34. The molecule has 5 rings (SSSR count). The molecular formula is C23H24F3N7O. The molecule has 1 spiro atoms. The Morgan fingerprint density at radius 2 is 2.00 bits per heavy atom. The highest BCUT2D eigenvalue weighted by atomic mass is 19.4. The van der Waals surface area contributed by atoms with E-state index in [0.29, 0.717) is 11.6 Å². The topological polar surface area (TPSA) is 88.1 Å². The summed E-state index contributed by atoms with van der Waals surface area (Å²) in [5, 5.41) is 6.52. The molecule has 3 aromatic heterocycles. The molecule has 11 heteroatoms. The van der Waals surface area contributed by atoms with Crippen LogP contribution in [0, 0.1) is 5.41 Å². The second-order valence-electron chi connectivity index (χ2n) is 8.68. The molecule has 1 atom stereocenters. The number of alkyl halides is 3. The zero-order valence-electron chi connectivity index (χ0n) is 18.3. The Kier molecular flexibility index (Phi) is 5.94. The standard InChI is InChI=1S/C23H24F3N7O/c24-23(25,26)34-17-4-9-29-18(11-17)30-19-12-20(32-21(31-19)16-3-1-7-27-13-16)33-10-6-22(15-33)5-2-8-28-14-22/h1,3-4,7,9,11-13,28H,2,5-6,8,10,14-15H2,(H,29,30,31,32). The minimum atomic E-state index is -4.78. The van der Waals surface area contributed by atoms with E-state index in [4.69, 9.17) is 4.98 Å². The van der Waals surface area contributed by atoms with Gasteiger partial charge < -0.3 is 20.3 Å². The molecule has 178 valence electrons. The molecular weight excluding hydrogens is 447 g/mol. The summed E-state index contributed by atoms with van der Waals surface area (Å²) in [5.41, 5.74) is 0.971. The van der Waals surface area contributed by atoms with Gasteiger partial charge in [-0.05, 0) is 44.0 Å². The summed E-state index contributed by atoms with van der Waals surface area (Å²) in [6.07, 6.45) is 3.22. The summed E-state index contributed by atoms with van der Waals surface area (Å²) in [6, 6.07) is 7.79. The van der Waals surface area contributed by atoms with E-state index in [9.17, 15) is 13.2 Å². The van der Waals surface area contributed by atoms with E-state index >= 15 is 0 Å². The first-order valence-corrected chi connectivity index (χ1v) is 11.1. The van der Waals surface area contributed by atoms with Gasteiger partial charge in [0, 0.05) is 61.3 Å². The molecule has 0 aliphatic carbocycles. The smallest absolute Gasteiger partial charge is 0.406 e. The Morgan fingerprint density at radius 3 is 2.76 bits per heavy atom. The fraction of sp³-hybridized carbons (Fsp3) is 0.391. The van der Waals surface area contributed by atoms with Crippen LogP contribution in [-0.2, 0) is 0 Å². The summed E-state index contributed by atoms with van der Waals surface area (Å²) in [4.78, 5) is 19.9. The molecule has 34 heavy (non-hydrogen) atoms. The van der Waals surface area contributed by atoms with E-state index < -0.39 is 6.36 Å². The van der Waals surface area contributed by atoms with Crippen LogP contribution in [0.5, 0.6) is 5.75 Å². The van der Waals surface area contributed by atoms with Gasteiger partial charge in [-0.15, -0.1) is 13.2 Å². The summed E-state index contributed by atoms with van der Waals surface area (Å²) in [7, 11) is 0. The van der Waals surface area contributed by atoms with Gasteiger partial charge in [0.05, 0.1) is 0 Å². The van der Waals surface area contributed by atoms with E-state index in [1.807, 2.05) is 6.07 Å². The Morgan fingerprint density at radius 1 is 1.09 bits per heavy atom. The first kappa shape index (κ1) is 22.3. The lowest BCUT2D eigenvalue weighted by atomic mass is 9.80. The summed E-state index contributed by atoms with van der Waals surface area (Å²) in [6.45, 7) is 3.80. The second-order valence-corrected chi connectivity index (χ2v) is 8.68. The van der Waals surface area contributed by atoms with E-state index in [1.165, 1.54) is 18.7 Å². The summed E-state index contributed by atoms with van der Waals surface area (Å²) >= 11 is 0. The van der Waals surface area contributed by atoms with Gasteiger partial charge in [-0.2, -0.15) is 0 Å². The van der Waals surface area contributed by atoms with Crippen molar-refractivity contribution < 1.29 is 17.9 Å². The third-order valence-electron chi connectivity index (χ3n) is 6.18. The number of halogens is 3. The lowest BCUT2D eigenvalue weighted by Crippen LogP contribution is -2.42. The molecule has 1 unspecified atom stereocenters. The number of anilines is 3. The normalized spacial score (nSPS) is 20.5. The van der Waals surface area contributed by atoms with Crippen LogP contribution in [0.4, 0.5) is 30.6 Å². The monoisotopic (exact) mass is 471 g/mol. The molecule has 5 heterocycles. The highest BCUT2D eigenvalue weighted by Crippen LogP contribution is 2.39. The van der Waals surface area contributed by atoms with Gasteiger partial charge in [0.15, 0.2) is 5.82 Å². The number of hydrogen-bond donors (Lipinski definition) is 2. The van der Waals surface area contributed by atoms with Crippen molar-refractivity contribution >= 4 is 17.5 Å². The molecule has 3 aromatic rings. The largest absolute Gasteiger partial charge is 0.573 e. The number of ether oxygens (including phenoxy) is 1. The number of pyridine rings is 2. The molecule has 8 nitrogen and oxygen atoms in total. The molecule has 2 aliphatic heterocycles. The molecule has 0 bridgehead atoms. The van der Waals surface area contributed by atoms with Gasteiger partial charge in [-0.3, -0.25) is 4.98 Å². The third kappa shape index (κ3) is 5.19. The fourth-order valence-electron chi connectivity index (χ4n) is 4.60. The number of hydrogen-bond acceptors (Lipinski definition) is 8. The number of rotatable bonds is 5. The average Bonchev–Trinajstić information content (AvgIpc) is 3.22. The Labute approximate surface area is 194 Å². The molecule has 0 aromatic carbocycles. The zero-order chi connectivity index (χ0) is 23.6. The zero-order valence-corrected chi connectivity index (χ0v) is 18.3. The minimum absolute atomic E-state index is 0.179. The van der Waals surface area contributed by atoms with E-state index in [0.717, 1.165) is 56.5 Å². The highest BCUT2D eigenvalue weighted by molar-refractivity contribution is 5.64. The van der Waals surface area contributed by atoms with Crippen LogP contribution in [0.15, 0.2) is 48.9 Å². The fourth-order valence-corrected chi connectivity index (χ4v) is 4.60. The van der Waals surface area contributed by atoms with Crippen LogP contribution >= 0.6 is 0 Å². The minimum Gasteiger partial charge on any atom is -0.406 e. The quantitative estimate of drug-likeness (QED) is 0.574. The Bertz CT molecular complexity index is 1140. The molecule has 2 fully saturated rings. The highest BCUT2D eigenvalue weighted by Gasteiger charge is 2.39. The molecule has 0 radical (unpaired) electrons. The van der Waals surface area contributed by atoms with Gasteiger partial charge in [0.1, 0.15) is 23.2 Å². The van der Waals surface area contributed by atoms with Crippen molar-refractivity contribution in [1.29, 1.82) is 0 Å². The van der Waals surface area contributed by atoms with Crippen LogP contribution < -0.4 is 20.3 Å². The maximum Gasteiger partial charge on any atom is 0.573 e. The van der Waals surface area contributed by atoms with Crippen molar-refractivity contribution in [3.8, 4) is 17.1 Å². The lowest BCUT2D eigenvalue weighted by molar-refractivity contribution is -0.274. The van der Waals surface area contributed by atoms with E-state index in [1.54, 1.807) is 24.5 Å². The Hall–Kier alpha value is -3.47.